The van der Waals surface area contributed by atoms with Crippen LogP contribution in [0.3, 0.4) is 0 Å². The van der Waals surface area contributed by atoms with Crippen LogP contribution in [-0.2, 0) is 0 Å². The average Bonchev–Trinajstić information content (AvgIpc) is 2.33. The summed E-state index contributed by atoms with van der Waals surface area (Å²) in [6.45, 7) is 0. The molecule has 0 aromatic heterocycles. The molecule has 0 amide bonds. The fourth-order valence-electron chi connectivity index (χ4n) is 0.405. The van der Waals surface area contributed by atoms with E-state index in [0.29, 0.717) is 0 Å². The standard InChI is InChI=1S/C4HN5/c5-1-3-4(2-6)8-9-7-3/h3H. The molecule has 0 radical (unpaired) electrons. The molecular formula is C4HN5. The van der Waals surface area contributed by atoms with Crippen molar-refractivity contribution >= 4 is 5.71 Å². The third-order valence-corrected chi connectivity index (χ3v) is 0.815. The average molecular weight is 119 g/mol. The van der Waals surface area contributed by atoms with Gasteiger partial charge in [-0.25, -0.2) is 0 Å². The third-order valence-electron chi connectivity index (χ3n) is 0.815. The predicted molar refractivity (Wildman–Crippen MR) is 27.3 cm³/mol. The lowest BCUT2D eigenvalue weighted by Crippen LogP contribution is -2.09. The van der Waals surface area contributed by atoms with Gasteiger partial charge in [-0.2, -0.15) is 10.5 Å². The molecule has 0 fully saturated rings. The van der Waals surface area contributed by atoms with Crippen LogP contribution in [0.2, 0.25) is 0 Å². The Morgan fingerprint density at radius 2 is 2.22 bits per heavy atom. The van der Waals surface area contributed by atoms with Gasteiger partial charge >= 0.3 is 0 Å². The van der Waals surface area contributed by atoms with E-state index in [0.717, 1.165) is 0 Å². The van der Waals surface area contributed by atoms with E-state index in [1.165, 1.54) is 0 Å². The van der Waals surface area contributed by atoms with Crippen molar-refractivity contribution in [3.8, 4) is 12.1 Å². The minimum Gasteiger partial charge on any atom is -0.195 e. The zero-order valence-corrected chi connectivity index (χ0v) is 4.31. The fourth-order valence-corrected chi connectivity index (χ4v) is 0.405. The highest BCUT2D eigenvalue weighted by molar-refractivity contribution is 6.04. The van der Waals surface area contributed by atoms with Crippen LogP contribution in [0, 0.1) is 22.7 Å². The molecule has 1 unspecified atom stereocenters. The largest absolute Gasteiger partial charge is 0.213 e. The molecule has 1 aliphatic heterocycles. The van der Waals surface area contributed by atoms with E-state index < -0.39 is 6.04 Å². The van der Waals surface area contributed by atoms with Crippen molar-refractivity contribution in [2.24, 2.45) is 15.4 Å². The molecule has 9 heavy (non-hydrogen) atoms. The van der Waals surface area contributed by atoms with E-state index in [4.69, 9.17) is 10.5 Å². The molecule has 0 aromatic rings. The normalized spacial score (nSPS) is 22.4. The summed E-state index contributed by atoms with van der Waals surface area (Å²) < 4.78 is 0. The van der Waals surface area contributed by atoms with Crippen molar-refractivity contribution in [3.63, 3.8) is 0 Å². The number of nitriles is 2. The summed E-state index contributed by atoms with van der Waals surface area (Å²) in [5.41, 5.74) is 0.0671. The van der Waals surface area contributed by atoms with E-state index in [1.807, 2.05) is 0 Å². The van der Waals surface area contributed by atoms with Gasteiger partial charge in [0, 0.05) is 0 Å². The van der Waals surface area contributed by atoms with E-state index in [9.17, 15) is 0 Å². The van der Waals surface area contributed by atoms with Crippen LogP contribution in [0.15, 0.2) is 15.4 Å². The maximum absolute atomic E-state index is 8.23. The van der Waals surface area contributed by atoms with Gasteiger partial charge in [0.15, 0.2) is 5.71 Å². The van der Waals surface area contributed by atoms with Crippen molar-refractivity contribution in [3.05, 3.63) is 0 Å². The summed E-state index contributed by atoms with van der Waals surface area (Å²) >= 11 is 0. The lowest BCUT2D eigenvalue weighted by atomic mass is 10.2. The highest BCUT2D eigenvalue weighted by atomic mass is 15.4. The Bertz CT molecular complexity index is 249. The first-order chi connectivity index (χ1) is 4.38. The minimum atomic E-state index is -0.769. The van der Waals surface area contributed by atoms with Crippen molar-refractivity contribution in [1.29, 1.82) is 10.5 Å². The zero-order chi connectivity index (χ0) is 6.69. The fraction of sp³-hybridized carbons (Fsp3) is 0.250. The van der Waals surface area contributed by atoms with Gasteiger partial charge in [0.05, 0.1) is 6.07 Å². The van der Waals surface area contributed by atoms with Crippen molar-refractivity contribution < 1.29 is 0 Å². The molecule has 1 rings (SSSR count). The Balaban J connectivity index is 2.84. The molecule has 0 aromatic carbocycles. The summed E-state index contributed by atoms with van der Waals surface area (Å²) in [4.78, 5) is 0. The van der Waals surface area contributed by atoms with Crippen LogP contribution in [0.1, 0.15) is 0 Å². The molecule has 5 heteroatoms. The molecule has 0 bridgehead atoms. The number of hydrogen-bond donors (Lipinski definition) is 0. The summed E-state index contributed by atoms with van der Waals surface area (Å²) in [5, 5.41) is 26.2. The third kappa shape index (κ3) is 0.752. The highest BCUT2D eigenvalue weighted by Gasteiger charge is 2.17. The molecule has 1 heterocycles. The van der Waals surface area contributed by atoms with Crippen LogP contribution < -0.4 is 0 Å². The second-order valence-electron chi connectivity index (χ2n) is 1.33. The number of rotatable bonds is 0. The van der Waals surface area contributed by atoms with Gasteiger partial charge in [-0.05, 0) is 5.22 Å². The first-order valence-electron chi connectivity index (χ1n) is 2.16. The molecular weight excluding hydrogens is 118 g/mol. The van der Waals surface area contributed by atoms with Crippen LogP contribution in [0.5, 0.6) is 0 Å². The summed E-state index contributed by atoms with van der Waals surface area (Å²) in [5.74, 6) is 0. The van der Waals surface area contributed by atoms with E-state index in [1.54, 1.807) is 12.1 Å². The highest BCUT2D eigenvalue weighted by Crippen LogP contribution is 2.02. The maximum Gasteiger partial charge on any atom is 0.213 e. The molecule has 0 saturated carbocycles. The molecule has 0 spiro atoms. The summed E-state index contributed by atoms with van der Waals surface area (Å²) in [6, 6.07) is 2.69. The van der Waals surface area contributed by atoms with Gasteiger partial charge in [0.25, 0.3) is 0 Å². The molecule has 42 valence electrons. The van der Waals surface area contributed by atoms with E-state index in [2.05, 4.69) is 15.4 Å². The Kier molecular flexibility index (Phi) is 1.21. The minimum absolute atomic E-state index is 0.0671. The second kappa shape index (κ2) is 2.01. The van der Waals surface area contributed by atoms with Crippen LogP contribution >= 0.6 is 0 Å². The van der Waals surface area contributed by atoms with Crippen LogP contribution in [0.4, 0.5) is 0 Å². The van der Waals surface area contributed by atoms with Gasteiger partial charge in [-0.1, -0.05) is 0 Å². The maximum atomic E-state index is 8.23. The lowest BCUT2D eigenvalue weighted by Gasteiger charge is -1.83. The summed E-state index contributed by atoms with van der Waals surface area (Å²) in [6.07, 6.45) is 0. The number of nitrogens with zero attached hydrogens (tertiary/aromatic N) is 5. The Labute approximate surface area is 50.9 Å². The van der Waals surface area contributed by atoms with E-state index >= 15 is 0 Å². The van der Waals surface area contributed by atoms with Crippen LogP contribution in [0.25, 0.3) is 0 Å². The van der Waals surface area contributed by atoms with Gasteiger partial charge in [0.1, 0.15) is 6.07 Å². The first-order valence-corrected chi connectivity index (χ1v) is 2.16. The quantitative estimate of drug-likeness (QED) is 0.456. The molecule has 5 nitrogen and oxygen atoms in total. The van der Waals surface area contributed by atoms with Gasteiger partial charge < -0.3 is 0 Å². The Morgan fingerprint density at radius 1 is 1.44 bits per heavy atom. The van der Waals surface area contributed by atoms with Crippen molar-refractivity contribution in [2.45, 2.75) is 6.04 Å². The Morgan fingerprint density at radius 3 is 2.67 bits per heavy atom. The van der Waals surface area contributed by atoms with Crippen molar-refractivity contribution in [2.75, 3.05) is 0 Å². The zero-order valence-electron chi connectivity index (χ0n) is 4.31. The predicted octanol–water partition coefficient (Wildman–Crippen LogP) is 0.224. The van der Waals surface area contributed by atoms with Crippen LogP contribution in [-0.4, -0.2) is 11.8 Å². The topological polar surface area (TPSA) is 84.7 Å². The second-order valence-corrected chi connectivity index (χ2v) is 1.33. The molecule has 0 saturated heterocycles. The molecule has 0 aliphatic carbocycles. The van der Waals surface area contributed by atoms with Gasteiger partial charge in [0.2, 0.25) is 6.04 Å². The number of hydrogen-bond acceptors (Lipinski definition) is 5. The molecule has 0 N–H and O–H groups in total. The lowest BCUT2D eigenvalue weighted by molar-refractivity contribution is 0.983. The summed E-state index contributed by atoms with van der Waals surface area (Å²) in [7, 11) is 0. The van der Waals surface area contributed by atoms with Crippen molar-refractivity contribution in [1.82, 2.24) is 0 Å². The molecule has 1 aliphatic rings. The van der Waals surface area contributed by atoms with Gasteiger partial charge in [-0.3, -0.25) is 0 Å². The van der Waals surface area contributed by atoms with Gasteiger partial charge in [-0.15, -0.1) is 10.2 Å². The smallest absolute Gasteiger partial charge is 0.195 e. The SMILES string of the molecule is N#CC1=NN=NC1C#N. The van der Waals surface area contributed by atoms with E-state index in [-0.39, 0.29) is 5.71 Å². The molecule has 1 atom stereocenters. The Hall–Kier alpha value is -1.75. The first kappa shape index (κ1) is 5.39. The monoisotopic (exact) mass is 119 g/mol.